The Morgan fingerprint density at radius 2 is 1.84 bits per heavy atom. The maximum absolute atomic E-state index is 10.6. The van der Waals surface area contributed by atoms with Crippen molar-refractivity contribution in [2.75, 3.05) is 5.73 Å². The second kappa shape index (κ2) is 4.02. The van der Waals surface area contributed by atoms with Gasteiger partial charge in [0.1, 0.15) is 0 Å². The topological polar surface area (TPSA) is 112 Å². The minimum absolute atomic E-state index is 0.0358. The van der Waals surface area contributed by atoms with Crippen LogP contribution in [0.25, 0.3) is 16.9 Å². The molecule has 2 heterocycles. The molecule has 0 fully saturated rings. The van der Waals surface area contributed by atoms with Crippen LogP contribution in [0.3, 0.4) is 0 Å². The molecule has 0 amide bonds. The molecule has 94 valence electrons. The van der Waals surface area contributed by atoms with Crippen molar-refractivity contribution in [1.82, 2.24) is 19.8 Å². The summed E-state index contributed by atoms with van der Waals surface area (Å²) in [5, 5.41) is 22.4. The highest BCUT2D eigenvalue weighted by atomic mass is 16.6. The van der Waals surface area contributed by atoms with Gasteiger partial charge in [-0.2, -0.15) is 9.61 Å². The van der Waals surface area contributed by atoms with Crippen LogP contribution in [0.15, 0.2) is 36.4 Å². The van der Waals surface area contributed by atoms with E-state index < -0.39 is 4.92 Å². The van der Waals surface area contributed by atoms with Gasteiger partial charge in [0.05, 0.1) is 10.6 Å². The summed E-state index contributed by atoms with van der Waals surface area (Å²) in [4.78, 5) is 10.1. The third-order valence-electron chi connectivity index (χ3n) is 2.66. The van der Waals surface area contributed by atoms with Crippen LogP contribution >= 0.6 is 0 Å². The van der Waals surface area contributed by atoms with E-state index in [0.29, 0.717) is 11.3 Å². The summed E-state index contributed by atoms with van der Waals surface area (Å²) in [5.74, 6) is 0.193. The number of nitrogens with two attached hydrogens (primary N) is 1. The molecule has 1 aromatic carbocycles. The van der Waals surface area contributed by atoms with E-state index in [-0.39, 0.29) is 11.6 Å². The van der Waals surface area contributed by atoms with Gasteiger partial charge in [0.25, 0.3) is 5.69 Å². The lowest BCUT2D eigenvalue weighted by atomic mass is 10.1. The minimum Gasteiger partial charge on any atom is -0.366 e. The first-order valence-electron chi connectivity index (χ1n) is 5.38. The van der Waals surface area contributed by atoms with Crippen molar-refractivity contribution < 1.29 is 4.92 Å². The van der Waals surface area contributed by atoms with Crippen molar-refractivity contribution in [3.63, 3.8) is 0 Å². The zero-order valence-corrected chi connectivity index (χ0v) is 9.59. The lowest BCUT2D eigenvalue weighted by Crippen LogP contribution is -1.99. The van der Waals surface area contributed by atoms with E-state index in [2.05, 4.69) is 15.3 Å². The van der Waals surface area contributed by atoms with Crippen molar-refractivity contribution in [1.29, 1.82) is 0 Å². The summed E-state index contributed by atoms with van der Waals surface area (Å²) in [6.45, 7) is 0. The number of nitrogen functional groups attached to an aromatic ring is 1. The molecule has 0 saturated heterocycles. The van der Waals surface area contributed by atoms with Crippen molar-refractivity contribution in [2.24, 2.45) is 0 Å². The highest BCUT2D eigenvalue weighted by Gasteiger charge is 2.08. The van der Waals surface area contributed by atoms with E-state index in [0.717, 1.165) is 5.56 Å². The second-order valence-electron chi connectivity index (χ2n) is 3.85. The molecule has 0 bridgehead atoms. The van der Waals surface area contributed by atoms with E-state index in [1.807, 2.05) is 0 Å². The Morgan fingerprint density at radius 3 is 2.53 bits per heavy atom. The summed E-state index contributed by atoms with van der Waals surface area (Å²) >= 11 is 0. The average molecular weight is 256 g/mol. The second-order valence-corrected chi connectivity index (χ2v) is 3.85. The fourth-order valence-corrected chi connectivity index (χ4v) is 1.71. The van der Waals surface area contributed by atoms with Crippen LogP contribution in [0.4, 0.5) is 11.6 Å². The van der Waals surface area contributed by atoms with Gasteiger partial charge >= 0.3 is 0 Å². The maximum Gasteiger partial charge on any atom is 0.269 e. The number of rotatable bonds is 2. The van der Waals surface area contributed by atoms with Crippen LogP contribution in [-0.4, -0.2) is 24.7 Å². The zero-order valence-electron chi connectivity index (χ0n) is 9.59. The third kappa shape index (κ3) is 1.84. The molecule has 0 aliphatic carbocycles. The lowest BCUT2D eigenvalue weighted by molar-refractivity contribution is -0.384. The van der Waals surface area contributed by atoms with E-state index in [9.17, 15) is 10.1 Å². The van der Waals surface area contributed by atoms with Crippen LogP contribution < -0.4 is 5.73 Å². The van der Waals surface area contributed by atoms with Gasteiger partial charge in [-0.25, -0.2) is 0 Å². The number of anilines is 1. The molecular weight excluding hydrogens is 248 g/mol. The summed E-state index contributed by atoms with van der Waals surface area (Å²) in [6, 6.07) is 9.60. The molecule has 0 spiro atoms. The van der Waals surface area contributed by atoms with Gasteiger partial charge in [0, 0.05) is 17.7 Å². The van der Waals surface area contributed by atoms with Crippen LogP contribution in [0.5, 0.6) is 0 Å². The number of hydrogen-bond acceptors (Lipinski definition) is 6. The summed E-state index contributed by atoms with van der Waals surface area (Å²) < 4.78 is 1.41. The normalized spacial score (nSPS) is 10.7. The van der Waals surface area contributed by atoms with E-state index >= 15 is 0 Å². The van der Waals surface area contributed by atoms with E-state index in [1.165, 1.54) is 16.6 Å². The number of non-ortho nitro benzene ring substituents is 1. The largest absolute Gasteiger partial charge is 0.366 e. The lowest BCUT2D eigenvalue weighted by Gasteiger charge is -2.01. The van der Waals surface area contributed by atoms with Gasteiger partial charge in [0.2, 0.25) is 5.95 Å². The van der Waals surface area contributed by atoms with Gasteiger partial charge in [-0.15, -0.1) is 10.2 Å². The standard InChI is InChI=1S/C11H8N6O2/c12-11-14-13-10-6-5-9(15-16(10)11)7-1-3-8(4-2-7)17(18)19/h1-6H,(H2,12,14). The number of hydrogen-bond donors (Lipinski definition) is 1. The monoisotopic (exact) mass is 256 g/mol. The third-order valence-corrected chi connectivity index (χ3v) is 2.66. The Morgan fingerprint density at radius 1 is 1.11 bits per heavy atom. The predicted octanol–water partition coefficient (Wildman–Crippen LogP) is 1.28. The smallest absolute Gasteiger partial charge is 0.269 e. The number of benzene rings is 1. The van der Waals surface area contributed by atoms with Gasteiger partial charge in [-0.05, 0) is 24.3 Å². The first kappa shape index (κ1) is 11.1. The molecule has 0 radical (unpaired) electrons. The average Bonchev–Trinajstić information content (AvgIpc) is 2.80. The summed E-state index contributed by atoms with van der Waals surface area (Å²) in [5.41, 5.74) is 7.59. The van der Waals surface area contributed by atoms with Crippen molar-refractivity contribution >= 4 is 17.3 Å². The number of nitrogens with zero attached hydrogens (tertiary/aromatic N) is 5. The maximum atomic E-state index is 10.6. The van der Waals surface area contributed by atoms with E-state index in [1.54, 1.807) is 24.3 Å². The molecule has 0 aliphatic heterocycles. The molecule has 2 aromatic heterocycles. The Balaban J connectivity index is 2.08. The first-order valence-corrected chi connectivity index (χ1v) is 5.38. The van der Waals surface area contributed by atoms with Crippen LogP contribution in [-0.2, 0) is 0 Å². The van der Waals surface area contributed by atoms with Gasteiger partial charge in [-0.1, -0.05) is 0 Å². The number of aromatic nitrogens is 4. The Bertz CT molecular complexity index is 764. The number of nitro benzene ring substituents is 1. The Kier molecular flexibility index (Phi) is 2.34. The Labute approximate surface area is 106 Å². The first-order chi connectivity index (χ1) is 9.15. The van der Waals surface area contributed by atoms with E-state index in [4.69, 9.17) is 5.73 Å². The molecule has 0 aliphatic rings. The summed E-state index contributed by atoms with van der Waals surface area (Å²) in [7, 11) is 0. The Hall–Kier alpha value is -3.03. The fraction of sp³-hybridized carbons (Fsp3) is 0. The van der Waals surface area contributed by atoms with Crippen LogP contribution in [0, 0.1) is 10.1 Å². The van der Waals surface area contributed by atoms with Crippen LogP contribution in [0.2, 0.25) is 0 Å². The van der Waals surface area contributed by atoms with Gasteiger partial charge in [-0.3, -0.25) is 10.1 Å². The number of fused-ring (bicyclic) bond motifs is 1. The molecule has 8 nitrogen and oxygen atoms in total. The zero-order chi connectivity index (χ0) is 13.4. The molecule has 3 rings (SSSR count). The number of nitro groups is 1. The highest BCUT2D eigenvalue weighted by molar-refractivity contribution is 5.62. The fourth-order valence-electron chi connectivity index (χ4n) is 1.71. The SMILES string of the molecule is Nc1nnc2ccc(-c3ccc([N+](=O)[O-])cc3)nn12. The van der Waals surface area contributed by atoms with Gasteiger partial charge in [0.15, 0.2) is 5.65 Å². The summed E-state index contributed by atoms with van der Waals surface area (Å²) in [6.07, 6.45) is 0. The van der Waals surface area contributed by atoms with Gasteiger partial charge < -0.3 is 5.73 Å². The quantitative estimate of drug-likeness (QED) is 0.546. The predicted molar refractivity (Wildman–Crippen MR) is 67.3 cm³/mol. The van der Waals surface area contributed by atoms with Crippen molar-refractivity contribution in [3.05, 3.63) is 46.5 Å². The van der Waals surface area contributed by atoms with Crippen molar-refractivity contribution in [2.45, 2.75) is 0 Å². The molecule has 0 saturated carbocycles. The molecule has 8 heteroatoms. The highest BCUT2D eigenvalue weighted by Crippen LogP contribution is 2.21. The molecule has 3 aromatic rings. The van der Waals surface area contributed by atoms with Crippen molar-refractivity contribution in [3.8, 4) is 11.3 Å². The minimum atomic E-state index is -0.446. The van der Waals surface area contributed by atoms with Crippen LogP contribution in [0.1, 0.15) is 0 Å². The molecular formula is C11H8N6O2. The molecule has 19 heavy (non-hydrogen) atoms. The molecule has 0 atom stereocenters. The molecule has 0 unspecified atom stereocenters. The molecule has 2 N–H and O–H groups in total.